The highest BCUT2D eigenvalue weighted by Crippen LogP contribution is 2.33. The predicted octanol–water partition coefficient (Wildman–Crippen LogP) is 3.30. The fourth-order valence-electron chi connectivity index (χ4n) is 3.87. The van der Waals surface area contributed by atoms with Crippen molar-refractivity contribution in [1.29, 1.82) is 0 Å². The average molecular weight is 486 g/mol. The Hall–Kier alpha value is -2.88. The van der Waals surface area contributed by atoms with E-state index < -0.39 is 10.0 Å². The molecule has 33 heavy (non-hydrogen) atoms. The second-order valence-corrected chi connectivity index (χ2v) is 10.8. The standard InChI is InChI=1S/C24H27N3O4S2/c1-31-22-11-6-5-10-21(22)27(33(29,30)24-12-7-17-32-24)19-23(28)26-15-13-25(14-16-26)18-20-8-3-2-4-9-20/h2-12,17H,13-16,18-19H2,1H3. The number of rotatable bonds is 8. The summed E-state index contributed by atoms with van der Waals surface area (Å²) >= 11 is 1.13. The minimum absolute atomic E-state index is 0.189. The summed E-state index contributed by atoms with van der Waals surface area (Å²) < 4.78 is 33.6. The molecule has 0 N–H and O–H groups in total. The quantitative estimate of drug-likeness (QED) is 0.490. The summed E-state index contributed by atoms with van der Waals surface area (Å²) in [5.74, 6) is 0.179. The SMILES string of the molecule is COc1ccccc1N(CC(=O)N1CCN(Cc2ccccc2)CC1)S(=O)(=O)c1cccs1. The Bertz CT molecular complexity index is 1160. The molecule has 9 heteroatoms. The first-order valence-electron chi connectivity index (χ1n) is 10.7. The minimum atomic E-state index is -3.91. The van der Waals surface area contributed by atoms with Crippen LogP contribution in [0.3, 0.4) is 0 Å². The third-order valence-electron chi connectivity index (χ3n) is 5.65. The summed E-state index contributed by atoms with van der Waals surface area (Å²) in [4.78, 5) is 17.3. The van der Waals surface area contributed by atoms with Crippen LogP contribution in [0.25, 0.3) is 0 Å². The van der Waals surface area contributed by atoms with Crippen molar-refractivity contribution in [2.75, 3.05) is 44.1 Å². The van der Waals surface area contributed by atoms with E-state index in [-0.39, 0.29) is 16.7 Å². The van der Waals surface area contributed by atoms with E-state index in [2.05, 4.69) is 17.0 Å². The molecule has 7 nitrogen and oxygen atoms in total. The lowest BCUT2D eigenvalue weighted by Gasteiger charge is -2.36. The normalized spacial score (nSPS) is 14.8. The highest BCUT2D eigenvalue weighted by Gasteiger charge is 2.32. The Morgan fingerprint density at radius 3 is 2.33 bits per heavy atom. The first-order chi connectivity index (χ1) is 16.0. The molecule has 0 radical (unpaired) electrons. The maximum Gasteiger partial charge on any atom is 0.274 e. The number of amides is 1. The van der Waals surface area contributed by atoms with E-state index in [4.69, 9.17) is 4.74 Å². The number of ether oxygens (including phenoxy) is 1. The third-order valence-corrected chi connectivity index (χ3v) is 8.78. The summed E-state index contributed by atoms with van der Waals surface area (Å²) in [7, 11) is -2.43. The molecule has 2 heterocycles. The number of methoxy groups -OCH3 is 1. The molecule has 1 saturated heterocycles. The molecule has 2 aromatic carbocycles. The number of hydrogen-bond acceptors (Lipinski definition) is 6. The molecular weight excluding hydrogens is 458 g/mol. The van der Waals surface area contributed by atoms with Gasteiger partial charge in [-0.3, -0.25) is 14.0 Å². The van der Waals surface area contributed by atoms with Crippen LogP contribution in [0.5, 0.6) is 5.75 Å². The van der Waals surface area contributed by atoms with Gasteiger partial charge in [0, 0.05) is 32.7 Å². The van der Waals surface area contributed by atoms with E-state index in [1.807, 2.05) is 18.2 Å². The molecule has 174 valence electrons. The number of thiophene rings is 1. The van der Waals surface area contributed by atoms with Crippen molar-refractivity contribution in [3.63, 3.8) is 0 Å². The number of benzene rings is 2. The molecule has 0 saturated carbocycles. The van der Waals surface area contributed by atoms with Crippen LogP contribution in [0, 0.1) is 0 Å². The summed E-state index contributed by atoms with van der Waals surface area (Å²) in [6, 6.07) is 20.3. The molecule has 3 aromatic rings. The highest BCUT2D eigenvalue weighted by molar-refractivity contribution is 7.94. The number of hydrogen-bond donors (Lipinski definition) is 0. The number of carbonyl (C=O) groups is 1. The van der Waals surface area contributed by atoms with Gasteiger partial charge < -0.3 is 9.64 Å². The van der Waals surface area contributed by atoms with E-state index in [0.717, 1.165) is 35.3 Å². The maximum absolute atomic E-state index is 13.4. The van der Waals surface area contributed by atoms with Crippen LogP contribution in [-0.2, 0) is 21.4 Å². The highest BCUT2D eigenvalue weighted by atomic mass is 32.2. The van der Waals surface area contributed by atoms with Crippen molar-refractivity contribution >= 4 is 33.0 Å². The molecule has 1 fully saturated rings. The Labute approximate surface area is 198 Å². The van der Waals surface area contributed by atoms with Crippen LogP contribution in [0.2, 0.25) is 0 Å². The van der Waals surface area contributed by atoms with Crippen LogP contribution in [0.4, 0.5) is 5.69 Å². The second-order valence-electron chi connectivity index (χ2n) is 7.76. The molecule has 1 aliphatic heterocycles. The van der Waals surface area contributed by atoms with E-state index in [1.54, 1.807) is 46.7 Å². The van der Waals surface area contributed by atoms with Crippen molar-refractivity contribution in [3.8, 4) is 5.75 Å². The minimum Gasteiger partial charge on any atom is -0.495 e. The summed E-state index contributed by atoms with van der Waals surface area (Å²) in [6.45, 7) is 3.16. The van der Waals surface area contributed by atoms with Gasteiger partial charge in [-0.15, -0.1) is 11.3 Å². The van der Waals surface area contributed by atoms with Gasteiger partial charge in [0.2, 0.25) is 5.91 Å². The van der Waals surface area contributed by atoms with Crippen molar-refractivity contribution in [2.24, 2.45) is 0 Å². The first kappa shape index (κ1) is 23.3. The zero-order valence-electron chi connectivity index (χ0n) is 18.5. The lowest BCUT2D eigenvalue weighted by molar-refractivity contribution is -0.131. The largest absolute Gasteiger partial charge is 0.495 e. The molecule has 1 amide bonds. The van der Waals surface area contributed by atoms with Gasteiger partial charge in [0.25, 0.3) is 10.0 Å². The molecular formula is C24H27N3O4S2. The van der Waals surface area contributed by atoms with Crippen molar-refractivity contribution in [3.05, 3.63) is 77.7 Å². The Morgan fingerprint density at radius 2 is 1.67 bits per heavy atom. The Morgan fingerprint density at radius 1 is 0.970 bits per heavy atom. The summed E-state index contributed by atoms with van der Waals surface area (Å²) in [6.07, 6.45) is 0. The van der Waals surface area contributed by atoms with E-state index in [9.17, 15) is 13.2 Å². The zero-order valence-corrected chi connectivity index (χ0v) is 20.1. The van der Waals surface area contributed by atoms with E-state index >= 15 is 0 Å². The number of carbonyl (C=O) groups excluding carboxylic acids is 1. The maximum atomic E-state index is 13.4. The zero-order chi connectivity index (χ0) is 23.3. The molecule has 0 unspecified atom stereocenters. The number of nitrogens with zero attached hydrogens (tertiary/aromatic N) is 3. The molecule has 1 aromatic heterocycles. The smallest absolute Gasteiger partial charge is 0.274 e. The van der Waals surface area contributed by atoms with Crippen LogP contribution in [0.15, 0.2) is 76.3 Å². The van der Waals surface area contributed by atoms with Gasteiger partial charge in [0.15, 0.2) is 0 Å². The van der Waals surface area contributed by atoms with Gasteiger partial charge in [-0.25, -0.2) is 8.42 Å². The summed E-state index contributed by atoms with van der Waals surface area (Å²) in [5.41, 5.74) is 1.59. The number of piperazine rings is 1. The predicted molar refractivity (Wildman–Crippen MR) is 130 cm³/mol. The average Bonchev–Trinajstić information content (AvgIpc) is 3.39. The van der Waals surface area contributed by atoms with Gasteiger partial charge in [0.05, 0.1) is 12.8 Å². The molecule has 1 aliphatic rings. The van der Waals surface area contributed by atoms with Gasteiger partial charge in [0.1, 0.15) is 16.5 Å². The van der Waals surface area contributed by atoms with Crippen LogP contribution < -0.4 is 9.04 Å². The van der Waals surface area contributed by atoms with Crippen LogP contribution >= 0.6 is 11.3 Å². The third kappa shape index (κ3) is 5.38. The molecule has 4 rings (SSSR count). The van der Waals surface area contributed by atoms with Gasteiger partial charge in [-0.2, -0.15) is 0 Å². The van der Waals surface area contributed by atoms with Gasteiger partial charge >= 0.3 is 0 Å². The monoisotopic (exact) mass is 485 g/mol. The van der Waals surface area contributed by atoms with Crippen LogP contribution in [-0.4, -0.2) is 64.0 Å². The lowest BCUT2D eigenvalue weighted by atomic mass is 10.2. The Balaban J connectivity index is 1.49. The number of para-hydroxylation sites is 2. The topological polar surface area (TPSA) is 70.2 Å². The summed E-state index contributed by atoms with van der Waals surface area (Å²) in [5, 5.41) is 1.71. The molecule has 0 bridgehead atoms. The molecule has 0 atom stereocenters. The Kier molecular flexibility index (Phi) is 7.32. The van der Waals surface area contributed by atoms with Crippen LogP contribution in [0.1, 0.15) is 5.56 Å². The van der Waals surface area contributed by atoms with E-state index in [0.29, 0.717) is 24.5 Å². The number of sulfonamides is 1. The first-order valence-corrected chi connectivity index (χ1v) is 13.0. The molecule has 0 aliphatic carbocycles. The van der Waals surface area contributed by atoms with Crippen molar-refractivity contribution < 1.29 is 17.9 Å². The molecule has 0 spiro atoms. The van der Waals surface area contributed by atoms with E-state index in [1.165, 1.54) is 12.7 Å². The second kappa shape index (κ2) is 10.4. The fraction of sp³-hybridized carbons (Fsp3) is 0.292. The van der Waals surface area contributed by atoms with Gasteiger partial charge in [-0.1, -0.05) is 48.5 Å². The van der Waals surface area contributed by atoms with Crippen molar-refractivity contribution in [1.82, 2.24) is 9.80 Å². The fourth-order valence-corrected chi connectivity index (χ4v) is 6.40. The van der Waals surface area contributed by atoms with Crippen molar-refractivity contribution in [2.45, 2.75) is 10.8 Å². The number of anilines is 1. The lowest BCUT2D eigenvalue weighted by Crippen LogP contribution is -2.51. The van der Waals surface area contributed by atoms with Gasteiger partial charge in [-0.05, 0) is 29.1 Å².